The van der Waals surface area contributed by atoms with Gasteiger partial charge in [0.25, 0.3) is 0 Å². The summed E-state index contributed by atoms with van der Waals surface area (Å²) < 4.78 is 10.3. The monoisotopic (exact) mass is 268 g/mol. The molecular weight excluding hydrogens is 248 g/mol. The van der Waals surface area contributed by atoms with E-state index in [4.69, 9.17) is 9.47 Å². The summed E-state index contributed by atoms with van der Waals surface area (Å²) in [4.78, 5) is 10.5. The molecule has 0 bridgehead atoms. The van der Waals surface area contributed by atoms with Crippen LogP contribution < -0.4 is 10.1 Å². The van der Waals surface area contributed by atoms with Crippen LogP contribution in [0.5, 0.6) is 5.75 Å². The van der Waals surface area contributed by atoms with E-state index in [9.17, 15) is 10.1 Å². The molecule has 0 spiro atoms. The van der Waals surface area contributed by atoms with Gasteiger partial charge >= 0.3 is 5.69 Å². The third kappa shape index (κ3) is 5.67. The summed E-state index contributed by atoms with van der Waals surface area (Å²) in [5, 5.41) is 14.1. The second kappa shape index (κ2) is 8.44. The second-order valence-corrected chi connectivity index (χ2v) is 4.17. The predicted octanol–water partition coefficient (Wildman–Crippen LogP) is 1.91. The predicted molar refractivity (Wildman–Crippen MR) is 72.7 cm³/mol. The molecule has 6 heteroatoms. The minimum atomic E-state index is -0.417. The van der Waals surface area contributed by atoms with Crippen LogP contribution in [0.4, 0.5) is 5.69 Å². The Balaban J connectivity index is 2.35. The van der Waals surface area contributed by atoms with Crippen LogP contribution >= 0.6 is 0 Å². The van der Waals surface area contributed by atoms with Gasteiger partial charge in [-0.05, 0) is 31.5 Å². The Kier molecular flexibility index (Phi) is 6.84. The molecule has 106 valence electrons. The Morgan fingerprint density at radius 2 is 2.11 bits per heavy atom. The molecule has 0 aliphatic rings. The van der Waals surface area contributed by atoms with Crippen LogP contribution in [0.2, 0.25) is 0 Å². The van der Waals surface area contributed by atoms with Gasteiger partial charge in [0.1, 0.15) is 0 Å². The van der Waals surface area contributed by atoms with Crippen molar-refractivity contribution in [2.24, 2.45) is 0 Å². The zero-order chi connectivity index (χ0) is 14.1. The van der Waals surface area contributed by atoms with Gasteiger partial charge < -0.3 is 14.8 Å². The number of nitro groups is 1. The number of benzene rings is 1. The quantitative estimate of drug-likeness (QED) is 0.420. The highest BCUT2D eigenvalue weighted by molar-refractivity contribution is 5.48. The Labute approximate surface area is 112 Å². The molecule has 0 amide bonds. The molecule has 0 aromatic heterocycles. The number of rotatable bonds is 9. The van der Waals surface area contributed by atoms with Crippen molar-refractivity contribution in [2.45, 2.75) is 13.3 Å². The summed E-state index contributed by atoms with van der Waals surface area (Å²) >= 11 is 0. The maximum absolute atomic E-state index is 10.9. The summed E-state index contributed by atoms with van der Waals surface area (Å²) in [6.45, 7) is 4.52. The van der Waals surface area contributed by atoms with E-state index >= 15 is 0 Å². The zero-order valence-electron chi connectivity index (χ0n) is 11.3. The van der Waals surface area contributed by atoms with Crippen molar-refractivity contribution in [1.82, 2.24) is 5.32 Å². The molecular formula is C13H20N2O4. The summed E-state index contributed by atoms with van der Waals surface area (Å²) in [5.74, 6) is 0.326. The largest absolute Gasteiger partial charge is 0.487 e. The maximum atomic E-state index is 10.9. The van der Waals surface area contributed by atoms with Crippen molar-refractivity contribution in [2.75, 3.05) is 33.4 Å². The number of nitrogens with zero attached hydrogens (tertiary/aromatic N) is 1. The molecule has 1 aromatic carbocycles. The lowest BCUT2D eigenvalue weighted by molar-refractivity contribution is -0.385. The molecule has 19 heavy (non-hydrogen) atoms. The molecule has 1 N–H and O–H groups in total. The molecule has 0 fully saturated rings. The van der Waals surface area contributed by atoms with Gasteiger partial charge in [-0.2, -0.15) is 0 Å². The highest BCUT2D eigenvalue weighted by Crippen LogP contribution is 2.27. The van der Waals surface area contributed by atoms with Crippen molar-refractivity contribution in [3.63, 3.8) is 0 Å². The van der Waals surface area contributed by atoms with Crippen LogP contribution in [0.25, 0.3) is 0 Å². The average molecular weight is 268 g/mol. The van der Waals surface area contributed by atoms with Crippen LogP contribution in [-0.2, 0) is 4.74 Å². The first-order chi connectivity index (χ1) is 9.15. The summed E-state index contributed by atoms with van der Waals surface area (Å²) in [5.41, 5.74) is 0.868. The second-order valence-electron chi connectivity index (χ2n) is 4.17. The topological polar surface area (TPSA) is 73.6 Å². The lowest BCUT2D eigenvalue weighted by Gasteiger charge is -2.08. The first-order valence-electron chi connectivity index (χ1n) is 6.22. The van der Waals surface area contributed by atoms with Crippen LogP contribution in [0, 0.1) is 17.0 Å². The van der Waals surface area contributed by atoms with Gasteiger partial charge in [0.05, 0.1) is 18.1 Å². The molecule has 0 saturated carbocycles. The van der Waals surface area contributed by atoms with Crippen molar-refractivity contribution in [1.29, 1.82) is 0 Å². The number of ether oxygens (including phenoxy) is 2. The van der Waals surface area contributed by atoms with E-state index in [1.165, 1.54) is 6.07 Å². The third-order valence-corrected chi connectivity index (χ3v) is 2.55. The standard InChI is InChI=1S/C13H20N2O4/c1-11-4-5-13(12(10-11)15(16)17)19-8-3-6-14-7-9-18-2/h4-5,10,14H,3,6-9H2,1-2H3. The van der Waals surface area contributed by atoms with Crippen LogP contribution in [0.3, 0.4) is 0 Å². The fourth-order valence-corrected chi connectivity index (χ4v) is 1.57. The first kappa shape index (κ1) is 15.4. The minimum absolute atomic E-state index is 0.0207. The van der Waals surface area contributed by atoms with E-state index in [2.05, 4.69) is 5.32 Å². The lowest BCUT2D eigenvalue weighted by Crippen LogP contribution is -2.21. The normalized spacial score (nSPS) is 10.4. The molecule has 0 saturated heterocycles. The van der Waals surface area contributed by atoms with E-state index in [0.717, 1.165) is 25.1 Å². The fraction of sp³-hybridized carbons (Fsp3) is 0.538. The van der Waals surface area contributed by atoms with Gasteiger partial charge in [-0.15, -0.1) is 0 Å². The Morgan fingerprint density at radius 3 is 2.79 bits per heavy atom. The van der Waals surface area contributed by atoms with Crippen LogP contribution in [-0.4, -0.2) is 38.3 Å². The molecule has 0 heterocycles. The first-order valence-corrected chi connectivity index (χ1v) is 6.22. The summed E-state index contributed by atoms with van der Waals surface area (Å²) in [6, 6.07) is 4.97. The SMILES string of the molecule is COCCNCCCOc1ccc(C)cc1[N+](=O)[O-]. The highest BCUT2D eigenvalue weighted by Gasteiger charge is 2.14. The van der Waals surface area contributed by atoms with Gasteiger partial charge in [0.15, 0.2) is 5.75 Å². The number of hydrogen-bond donors (Lipinski definition) is 1. The van der Waals surface area contributed by atoms with Gasteiger partial charge in [-0.3, -0.25) is 10.1 Å². The Hall–Kier alpha value is -1.66. The van der Waals surface area contributed by atoms with Gasteiger partial charge in [0.2, 0.25) is 0 Å². The molecule has 1 rings (SSSR count). The Morgan fingerprint density at radius 1 is 1.32 bits per heavy atom. The number of nitro benzene ring substituents is 1. The smallest absolute Gasteiger partial charge is 0.311 e. The van der Waals surface area contributed by atoms with E-state index in [1.807, 2.05) is 6.92 Å². The summed E-state index contributed by atoms with van der Waals surface area (Å²) in [6.07, 6.45) is 0.786. The van der Waals surface area contributed by atoms with Crippen molar-refractivity contribution < 1.29 is 14.4 Å². The number of aryl methyl sites for hydroxylation is 1. The van der Waals surface area contributed by atoms with Crippen LogP contribution in [0.1, 0.15) is 12.0 Å². The maximum Gasteiger partial charge on any atom is 0.311 e. The molecule has 0 atom stereocenters. The van der Waals surface area contributed by atoms with E-state index in [0.29, 0.717) is 19.0 Å². The summed E-state index contributed by atoms with van der Waals surface area (Å²) in [7, 11) is 1.65. The molecule has 0 aliphatic carbocycles. The zero-order valence-corrected chi connectivity index (χ0v) is 11.3. The van der Waals surface area contributed by atoms with Crippen molar-refractivity contribution in [3.05, 3.63) is 33.9 Å². The minimum Gasteiger partial charge on any atom is -0.487 e. The van der Waals surface area contributed by atoms with Crippen molar-refractivity contribution >= 4 is 5.69 Å². The molecule has 0 aliphatic heterocycles. The molecule has 0 radical (unpaired) electrons. The number of nitrogens with one attached hydrogen (secondary N) is 1. The number of methoxy groups -OCH3 is 1. The van der Waals surface area contributed by atoms with E-state index in [-0.39, 0.29) is 5.69 Å². The van der Waals surface area contributed by atoms with Crippen molar-refractivity contribution in [3.8, 4) is 5.75 Å². The fourth-order valence-electron chi connectivity index (χ4n) is 1.57. The average Bonchev–Trinajstić information content (AvgIpc) is 2.39. The van der Waals surface area contributed by atoms with E-state index < -0.39 is 4.92 Å². The Bertz CT molecular complexity index is 410. The number of hydrogen-bond acceptors (Lipinski definition) is 5. The third-order valence-electron chi connectivity index (χ3n) is 2.55. The van der Waals surface area contributed by atoms with Gasteiger partial charge in [-0.1, -0.05) is 6.07 Å². The van der Waals surface area contributed by atoms with E-state index in [1.54, 1.807) is 19.2 Å². The molecule has 6 nitrogen and oxygen atoms in total. The highest BCUT2D eigenvalue weighted by atomic mass is 16.6. The molecule has 0 unspecified atom stereocenters. The lowest BCUT2D eigenvalue weighted by atomic mass is 10.2. The van der Waals surface area contributed by atoms with Gasteiger partial charge in [-0.25, -0.2) is 0 Å². The molecule has 1 aromatic rings. The van der Waals surface area contributed by atoms with Gasteiger partial charge in [0, 0.05) is 19.7 Å². The van der Waals surface area contributed by atoms with Crippen LogP contribution in [0.15, 0.2) is 18.2 Å².